The molecule has 0 bridgehead atoms. The van der Waals surface area contributed by atoms with Crippen LogP contribution < -0.4 is 25.0 Å². The molecule has 0 aliphatic heterocycles. The van der Waals surface area contributed by atoms with Crippen LogP contribution in [-0.4, -0.2) is 50.3 Å². The van der Waals surface area contributed by atoms with E-state index in [1.807, 2.05) is 0 Å². The van der Waals surface area contributed by atoms with Crippen LogP contribution in [0.1, 0.15) is 57.0 Å². The van der Waals surface area contributed by atoms with E-state index in [9.17, 15) is 19.2 Å². The van der Waals surface area contributed by atoms with Gasteiger partial charge in [0.1, 0.15) is 16.3 Å². The van der Waals surface area contributed by atoms with Gasteiger partial charge in [0.25, 0.3) is 0 Å². The zero-order valence-corrected chi connectivity index (χ0v) is 23.8. The minimum absolute atomic E-state index is 0.170. The molecule has 0 atom stereocenters. The fourth-order valence-corrected chi connectivity index (χ4v) is 5.54. The third-order valence-electron chi connectivity index (χ3n) is 6.27. The van der Waals surface area contributed by atoms with E-state index in [-0.39, 0.29) is 28.7 Å². The Morgan fingerprint density at radius 2 is 1.68 bits per heavy atom. The number of hydrogen-bond donors (Lipinski definition) is 2. The van der Waals surface area contributed by atoms with Crippen molar-refractivity contribution in [3.63, 3.8) is 0 Å². The lowest BCUT2D eigenvalue weighted by atomic mass is 10.1. The first-order valence-electron chi connectivity index (χ1n) is 12.8. The van der Waals surface area contributed by atoms with Gasteiger partial charge in [-0.2, -0.15) is 5.10 Å². The summed E-state index contributed by atoms with van der Waals surface area (Å²) in [6.45, 7) is 3.52. The van der Waals surface area contributed by atoms with Crippen LogP contribution in [0.3, 0.4) is 0 Å². The highest BCUT2D eigenvalue weighted by molar-refractivity contribution is 7.17. The summed E-state index contributed by atoms with van der Waals surface area (Å²) in [5.74, 6) is -2.34. The Kier molecular flexibility index (Phi) is 9.35. The second-order valence-electron chi connectivity index (χ2n) is 8.83. The van der Waals surface area contributed by atoms with Gasteiger partial charge in [0.15, 0.2) is 11.5 Å². The number of amides is 2. The summed E-state index contributed by atoms with van der Waals surface area (Å²) in [6, 6.07) is 11.4. The number of benzene rings is 2. The molecule has 4 rings (SSSR count). The summed E-state index contributed by atoms with van der Waals surface area (Å²) in [7, 11) is 2.88. The van der Waals surface area contributed by atoms with E-state index in [4.69, 9.17) is 18.9 Å². The van der Waals surface area contributed by atoms with Gasteiger partial charge in [-0.3, -0.25) is 9.59 Å². The number of esters is 2. The molecule has 11 nitrogen and oxygen atoms in total. The zero-order chi connectivity index (χ0) is 29.5. The highest BCUT2D eigenvalue weighted by Crippen LogP contribution is 2.39. The number of nitrogens with zero attached hydrogens (tertiary/aromatic N) is 1. The van der Waals surface area contributed by atoms with Crippen LogP contribution in [0.4, 0.5) is 5.00 Å². The minimum atomic E-state index is -1.01. The number of nitrogens with one attached hydrogen (secondary N) is 2. The molecule has 1 heterocycles. The second-order valence-corrected chi connectivity index (χ2v) is 9.93. The van der Waals surface area contributed by atoms with Crippen LogP contribution in [0, 0.1) is 0 Å². The molecular formula is C29H29N3O8S. The van der Waals surface area contributed by atoms with Gasteiger partial charge in [0.2, 0.25) is 0 Å². The lowest BCUT2D eigenvalue weighted by Gasteiger charge is -2.12. The average Bonchev–Trinajstić information content (AvgIpc) is 3.56. The zero-order valence-electron chi connectivity index (χ0n) is 23.0. The smallest absolute Gasteiger partial charge is 0.347 e. The number of anilines is 1. The highest BCUT2D eigenvalue weighted by Gasteiger charge is 2.29. The van der Waals surface area contributed by atoms with Gasteiger partial charge in [-0.1, -0.05) is 12.1 Å². The molecule has 1 aliphatic rings. The standard InChI is InChI=1S/C29H29N3O8S/c1-5-39-29(36)24-19-10-8-12-23(19)41-27(24)30-25(33)26(34)32-31-16(2)17-13-14-21(22(15-17)38-4)40-28(35)18-9-6-7-11-20(18)37-3/h6-7,9,11,13-15H,5,8,10,12H2,1-4H3,(H,30,33)(H,32,34)/b31-16+. The van der Waals surface area contributed by atoms with Crippen molar-refractivity contribution in [2.24, 2.45) is 5.10 Å². The van der Waals surface area contributed by atoms with Gasteiger partial charge in [0.05, 0.1) is 32.1 Å². The molecule has 2 N–H and O–H groups in total. The van der Waals surface area contributed by atoms with E-state index < -0.39 is 23.8 Å². The molecule has 2 aromatic carbocycles. The number of carbonyl (C=O) groups is 4. The first-order valence-corrected chi connectivity index (χ1v) is 13.6. The van der Waals surface area contributed by atoms with Crippen LogP contribution in [0.25, 0.3) is 0 Å². The normalized spacial score (nSPS) is 12.2. The molecule has 0 saturated heterocycles. The number of methoxy groups -OCH3 is 2. The number of para-hydroxylation sites is 1. The summed E-state index contributed by atoms with van der Waals surface area (Å²) in [6.07, 6.45) is 2.44. The Morgan fingerprint density at radius 1 is 0.927 bits per heavy atom. The topological polar surface area (TPSA) is 142 Å². The molecule has 2 amide bonds. The van der Waals surface area contributed by atoms with Crippen molar-refractivity contribution >= 4 is 45.8 Å². The van der Waals surface area contributed by atoms with E-state index >= 15 is 0 Å². The molecule has 214 valence electrons. The van der Waals surface area contributed by atoms with Crippen molar-refractivity contribution in [2.45, 2.75) is 33.1 Å². The van der Waals surface area contributed by atoms with Crippen LogP contribution in [0.5, 0.6) is 17.2 Å². The largest absolute Gasteiger partial charge is 0.496 e. The third-order valence-corrected chi connectivity index (χ3v) is 7.48. The van der Waals surface area contributed by atoms with Gasteiger partial charge in [-0.25, -0.2) is 15.0 Å². The van der Waals surface area contributed by atoms with Gasteiger partial charge in [-0.05, 0) is 69.0 Å². The molecule has 1 aliphatic carbocycles. The molecule has 0 fully saturated rings. The van der Waals surface area contributed by atoms with E-state index in [0.29, 0.717) is 29.0 Å². The molecule has 0 saturated carbocycles. The number of carbonyl (C=O) groups excluding carboxylic acids is 4. The molecule has 3 aromatic rings. The van der Waals surface area contributed by atoms with E-state index in [2.05, 4.69) is 15.8 Å². The van der Waals surface area contributed by atoms with Gasteiger partial charge in [0, 0.05) is 10.4 Å². The van der Waals surface area contributed by atoms with Crippen molar-refractivity contribution in [3.05, 3.63) is 69.6 Å². The predicted octanol–water partition coefficient (Wildman–Crippen LogP) is 4.13. The first kappa shape index (κ1) is 29.3. The number of ether oxygens (including phenoxy) is 4. The number of rotatable bonds is 9. The molecule has 0 radical (unpaired) electrons. The van der Waals surface area contributed by atoms with Gasteiger partial charge in [-0.15, -0.1) is 11.3 Å². The highest BCUT2D eigenvalue weighted by atomic mass is 32.1. The minimum Gasteiger partial charge on any atom is -0.496 e. The number of thiophene rings is 1. The van der Waals surface area contributed by atoms with Crippen molar-refractivity contribution in [2.75, 3.05) is 26.1 Å². The number of fused-ring (bicyclic) bond motifs is 1. The van der Waals surface area contributed by atoms with Crippen molar-refractivity contribution < 1.29 is 38.1 Å². The van der Waals surface area contributed by atoms with Crippen LogP contribution >= 0.6 is 11.3 Å². The molecule has 0 spiro atoms. The number of hydrazone groups is 1. The Balaban J connectivity index is 1.43. The van der Waals surface area contributed by atoms with Crippen LogP contribution in [0.15, 0.2) is 47.6 Å². The van der Waals surface area contributed by atoms with E-state index in [1.54, 1.807) is 50.2 Å². The van der Waals surface area contributed by atoms with Crippen molar-refractivity contribution in [3.8, 4) is 17.2 Å². The molecule has 41 heavy (non-hydrogen) atoms. The van der Waals surface area contributed by atoms with E-state index in [0.717, 1.165) is 23.3 Å². The maximum atomic E-state index is 12.7. The van der Waals surface area contributed by atoms with Crippen molar-refractivity contribution in [1.82, 2.24) is 5.43 Å². The number of hydrogen-bond acceptors (Lipinski definition) is 10. The summed E-state index contributed by atoms with van der Waals surface area (Å²) in [5.41, 5.74) is 4.55. The second kappa shape index (κ2) is 13.1. The molecule has 1 aromatic heterocycles. The summed E-state index contributed by atoms with van der Waals surface area (Å²) < 4.78 is 21.3. The quantitative estimate of drug-likeness (QED) is 0.127. The summed E-state index contributed by atoms with van der Waals surface area (Å²) >= 11 is 1.27. The fourth-order valence-electron chi connectivity index (χ4n) is 4.27. The van der Waals surface area contributed by atoms with Crippen molar-refractivity contribution in [1.29, 1.82) is 0 Å². The predicted molar refractivity (Wildman–Crippen MR) is 152 cm³/mol. The van der Waals surface area contributed by atoms with Gasteiger partial charge < -0.3 is 24.3 Å². The van der Waals surface area contributed by atoms with Crippen LogP contribution in [-0.2, 0) is 27.2 Å². The lowest BCUT2D eigenvalue weighted by Crippen LogP contribution is -2.33. The Hall–Kier alpha value is -4.71. The average molecular weight is 580 g/mol. The number of aryl methyl sites for hydroxylation is 1. The SMILES string of the molecule is CCOC(=O)c1c(NC(=O)C(=O)N/N=C(\C)c2ccc(OC(=O)c3ccccc3OC)c(OC)c2)sc2c1CCC2. The molecule has 12 heteroatoms. The fraction of sp³-hybridized carbons (Fsp3) is 0.276. The Labute approximate surface area is 240 Å². The third kappa shape index (κ3) is 6.55. The van der Waals surface area contributed by atoms with Crippen LogP contribution in [0.2, 0.25) is 0 Å². The molecular weight excluding hydrogens is 550 g/mol. The summed E-state index contributed by atoms with van der Waals surface area (Å²) in [4.78, 5) is 51.3. The molecule has 0 unspecified atom stereocenters. The Morgan fingerprint density at radius 3 is 2.41 bits per heavy atom. The monoisotopic (exact) mass is 579 g/mol. The maximum Gasteiger partial charge on any atom is 0.347 e. The van der Waals surface area contributed by atoms with Gasteiger partial charge >= 0.3 is 23.8 Å². The summed E-state index contributed by atoms with van der Waals surface area (Å²) in [5, 5.41) is 6.84. The lowest BCUT2D eigenvalue weighted by molar-refractivity contribution is -0.136. The Bertz CT molecular complexity index is 1530. The first-order chi connectivity index (χ1) is 19.8. The maximum absolute atomic E-state index is 12.7. The van der Waals surface area contributed by atoms with E-state index in [1.165, 1.54) is 31.6 Å².